The Morgan fingerprint density at radius 1 is 0.829 bits per heavy atom. The SMILES string of the molecule is Cc1ccc(S(=O)(=O)NCCCNC(=O)c2ccc(-c3nn(-c4ccc(C(N)=O)cc4)c4ccccc34)cc2)cc1. The third-order valence-corrected chi connectivity index (χ3v) is 8.14. The van der Waals surface area contributed by atoms with Crippen molar-refractivity contribution >= 4 is 32.7 Å². The fraction of sp³-hybridized carbons (Fsp3) is 0.129. The van der Waals surface area contributed by atoms with Crippen LogP contribution in [-0.2, 0) is 10.0 Å². The molecule has 0 saturated carbocycles. The quantitative estimate of drug-likeness (QED) is 0.217. The number of nitrogens with two attached hydrogens (primary N) is 1. The summed E-state index contributed by atoms with van der Waals surface area (Å²) in [6, 6.07) is 28.6. The number of carbonyl (C=O) groups is 2. The zero-order chi connectivity index (χ0) is 29.0. The second kappa shape index (κ2) is 11.7. The minimum absolute atomic E-state index is 0.205. The highest BCUT2D eigenvalue weighted by Crippen LogP contribution is 2.30. The van der Waals surface area contributed by atoms with Gasteiger partial charge in [0.1, 0.15) is 5.69 Å². The van der Waals surface area contributed by atoms with Gasteiger partial charge in [-0.1, -0.05) is 48.0 Å². The molecule has 208 valence electrons. The van der Waals surface area contributed by atoms with Crippen molar-refractivity contribution in [3.8, 4) is 16.9 Å². The standard InChI is InChI=1S/C31H29N5O4S/c1-21-7-17-26(18-8-21)41(39,40)34-20-4-19-33-31(38)24-11-9-22(10-12-24)29-27-5-2-3-6-28(27)36(35-29)25-15-13-23(14-16-25)30(32)37/h2-3,5-18,34H,4,19-20H2,1H3,(H2,32,37)(H,33,38). The van der Waals surface area contributed by atoms with Crippen LogP contribution in [0.15, 0.2) is 102 Å². The van der Waals surface area contributed by atoms with Gasteiger partial charge in [-0.25, -0.2) is 17.8 Å². The minimum Gasteiger partial charge on any atom is -0.366 e. The van der Waals surface area contributed by atoms with Crippen LogP contribution in [-0.4, -0.2) is 43.1 Å². The molecule has 0 spiro atoms. The predicted octanol–water partition coefficient (Wildman–Crippen LogP) is 4.20. The number of carbonyl (C=O) groups excluding carboxylic acids is 2. The van der Waals surface area contributed by atoms with Crippen molar-refractivity contribution in [2.24, 2.45) is 5.73 Å². The highest BCUT2D eigenvalue weighted by molar-refractivity contribution is 7.89. The molecule has 0 bridgehead atoms. The van der Waals surface area contributed by atoms with Crippen molar-refractivity contribution in [2.75, 3.05) is 13.1 Å². The van der Waals surface area contributed by atoms with Gasteiger partial charge in [0.25, 0.3) is 5.91 Å². The Morgan fingerprint density at radius 3 is 2.17 bits per heavy atom. The Bertz CT molecular complexity index is 1810. The Hall–Kier alpha value is -4.80. The highest BCUT2D eigenvalue weighted by Gasteiger charge is 2.15. The lowest BCUT2D eigenvalue weighted by Gasteiger charge is -2.08. The monoisotopic (exact) mass is 567 g/mol. The molecule has 0 unspecified atom stereocenters. The number of primary amides is 1. The van der Waals surface area contributed by atoms with Crippen molar-refractivity contribution < 1.29 is 18.0 Å². The van der Waals surface area contributed by atoms with Gasteiger partial charge in [-0.3, -0.25) is 9.59 Å². The average molecular weight is 568 g/mol. The van der Waals surface area contributed by atoms with E-state index in [1.165, 1.54) is 0 Å². The number of aromatic nitrogens is 2. The van der Waals surface area contributed by atoms with Crippen molar-refractivity contribution in [3.05, 3.63) is 114 Å². The summed E-state index contributed by atoms with van der Waals surface area (Å²) < 4.78 is 29.2. The van der Waals surface area contributed by atoms with Gasteiger partial charge in [0.15, 0.2) is 0 Å². The highest BCUT2D eigenvalue weighted by atomic mass is 32.2. The normalized spacial score (nSPS) is 11.4. The Morgan fingerprint density at radius 2 is 1.49 bits per heavy atom. The van der Waals surface area contributed by atoms with Gasteiger partial charge < -0.3 is 11.1 Å². The number of amides is 2. The maximum absolute atomic E-state index is 12.7. The van der Waals surface area contributed by atoms with Crippen LogP contribution in [0.25, 0.3) is 27.8 Å². The largest absolute Gasteiger partial charge is 0.366 e. The van der Waals surface area contributed by atoms with E-state index in [1.54, 1.807) is 60.7 Å². The molecule has 41 heavy (non-hydrogen) atoms. The second-order valence-corrected chi connectivity index (χ2v) is 11.4. The first-order chi connectivity index (χ1) is 19.7. The van der Waals surface area contributed by atoms with E-state index in [-0.39, 0.29) is 17.3 Å². The first kappa shape index (κ1) is 27.8. The molecule has 0 aliphatic heterocycles. The van der Waals surface area contributed by atoms with Crippen LogP contribution >= 0.6 is 0 Å². The first-order valence-corrected chi connectivity index (χ1v) is 14.5. The number of aryl methyl sites for hydroxylation is 1. The van der Waals surface area contributed by atoms with Gasteiger partial charge in [-0.2, -0.15) is 5.10 Å². The molecule has 4 aromatic carbocycles. The summed E-state index contributed by atoms with van der Waals surface area (Å²) in [6.07, 6.45) is 0.443. The van der Waals surface area contributed by atoms with E-state index in [4.69, 9.17) is 10.8 Å². The lowest BCUT2D eigenvalue weighted by atomic mass is 10.1. The topological polar surface area (TPSA) is 136 Å². The van der Waals surface area contributed by atoms with Gasteiger partial charge in [-0.15, -0.1) is 0 Å². The molecule has 0 aliphatic rings. The molecule has 0 atom stereocenters. The number of nitrogens with zero attached hydrogens (tertiary/aromatic N) is 2. The molecular formula is C31H29N5O4S. The predicted molar refractivity (Wildman–Crippen MR) is 158 cm³/mol. The van der Waals surface area contributed by atoms with Crippen LogP contribution in [0.4, 0.5) is 0 Å². The number of benzene rings is 4. The van der Waals surface area contributed by atoms with Gasteiger partial charge >= 0.3 is 0 Å². The van der Waals surface area contributed by atoms with Crippen molar-refractivity contribution in [2.45, 2.75) is 18.2 Å². The molecule has 1 aromatic heterocycles. The first-order valence-electron chi connectivity index (χ1n) is 13.1. The van der Waals surface area contributed by atoms with Crippen LogP contribution in [0, 0.1) is 6.92 Å². The summed E-state index contributed by atoms with van der Waals surface area (Å²) in [5.41, 5.74) is 10.5. The molecule has 2 amide bonds. The number of sulfonamides is 1. The van der Waals surface area contributed by atoms with E-state index in [0.717, 1.165) is 33.4 Å². The summed E-state index contributed by atoms with van der Waals surface area (Å²) in [7, 11) is -3.59. The molecule has 5 rings (SSSR count). The summed E-state index contributed by atoms with van der Waals surface area (Å²) >= 11 is 0. The second-order valence-electron chi connectivity index (χ2n) is 9.59. The number of fused-ring (bicyclic) bond motifs is 1. The summed E-state index contributed by atoms with van der Waals surface area (Å²) in [5.74, 6) is -0.739. The number of nitrogens with one attached hydrogen (secondary N) is 2. The van der Waals surface area contributed by atoms with E-state index in [0.29, 0.717) is 24.1 Å². The maximum atomic E-state index is 12.7. The van der Waals surface area contributed by atoms with Crippen LogP contribution < -0.4 is 15.8 Å². The fourth-order valence-corrected chi connectivity index (χ4v) is 5.50. The van der Waals surface area contributed by atoms with E-state index in [9.17, 15) is 18.0 Å². The minimum atomic E-state index is -3.59. The van der Waals surface area contributed by atoms with E-state index < -0.39 is 15.9 Å². The Labute approximate surface area is 238 Å². The molecule has 0 fully saturated rings. The van der Waals surface area contributed by atoms with Gasteiger partial charge in [0.05, 0.1) is 16.1 Å². The van der Waals surface area contributed by atoms with Crippen molar-refractivity contribution in [1.82, 2.24) is 19.8 Å². The van der Waals surface area contributed by atoms with Crippen molar-refractivity contribution in [3.63, 3.8) is 0 Å². The number of rotatable bonds is 10. The molecular weight excluding hydrogens is 538 g/mol. The third-order valence-electron chi connectivity index (χ3n) is 6.67. The molecule has 9 nitrogen and oxygen atoms in total. The van der Waals surface area contributed by atoms with Crippen molar-refractivity contribution in [1.29, 1.82) is 0 Å². The van der Waals surface area contributed by atoms with Crippen LogP contribution in [0.5, 0.6) is 0 Å². The average Bonchev–Trinajstić information content (AvgIpc) is 3.37. The summed E-state index contributed by atoms with van der Waals surface area (Å²) in [5, 5.41) is 8.61. The van der Waals surface area contributed by atoms with Gasteiger partial charge in [0.2, 0.25) is 15.9 Å². The maximum Gasteiger partial charge on any atom is 0.251 e. The van der Waals surface area contributed by atoms with Crippen LogP contribution in [0.1, 0.15) is 32.7 Å². The number of hydrogen-bond acceptors (Lipinski definition) is 5. The van der Waals surface area contributed by atoms with E-state index in [1.807, 2.05) is 48.0 Å². The summed E-state index contributed by atoms with van der Waals surface area (Å²) in [4.78, 5) is 24.3. The molecule has 10 heteroatoms. The van der Waals surface area contributed by atoms with E-state index >= 15 is 0 Å². The van der Waals surface area contributed by atoms with E-state index in [2.05, 4.69) is 10.0 Å². The molecule has 0 saturated heterocycles. The number of para-hydroxylation sites is 1. The van der Waals surface area contributed by atoms with Crippen LogP contribution in [0.3, 0.4) is 0 Å². The zero-order valence-electron chi connectivity index (χ0n) is 22.4. The van der Waals surface area contributed by atoms with Crippen LogP contribution in [0.2, 0.25) is 0 Å². The smallest absolute Gasteiger partial charge is 0.251 e. The molecule has 5 aromatic rings. The number of hydrogen-bond donors (Lipinski definition) is 3. The Kier molecular flexibility index (Phi) is 7.95. The lowest BCUT2D eigenvalue weighted by Crippen LogP contribution is -2.30. The molecule has 0 radical (unpaired) electrons. The lowest BCUT2D eigenvalue weighted by molar-refractivity contribution is 0.0952. The molecule has 1 heterocycles. The summed E-state index contributed by atoms with van der Waals surface area (Å²) in [6.45, 7) is 2.42. The Balaban J connectivity index is 1.23. The zero-order valence-corrected chi connectivity index (χ0v) is 23.2. The fourth-order valence-electron chi connectivity index (χ4n) is 4.42. The van der Waals surface area contributed by atoms with Gasteiger partial charge in [0, 0.05) is 35.2 Å². The third kappa shape index (κ3) is 6.19. The van der Waals surface area contributed by atoms with Gasteiger partial charge in [-0.05, 0) is 67.9 Å². The molecule has 0 aliphatic carbocycles. The molecule has 4 N–H and O–H groups in total.